The molecule has 4 nitrogen and oxygen atoms in total. The van der Waals surface area contributed by atoms with Gasteiger partial charge in [0.05, 0.1) is 5.69 Å². The molecule has 0 aliphatic carbocycles. The first-order valence-electron chi connectivity index (χ1n) is 6.93. The van der Waals surface area contributed by atoms with E-state index in [1.807, 2.05) is 18.2 Å². The molecule has 0 bridgehead atoms. The third-order valence-corrected chi connectivity index (χ3v) is 5.06. The summed E-state index contributed by atoms with van der Waals surface area (Å²) < 4.78 is 0.896. The minimum Gasteiger partial charge on any atom is -0.298 e. The van der Waals surface area contributed by atoms with Crippen LogP contribution >= 0.6 is 39.7 Å². The molecule has 3 rings (SSSR count). The monoisotopic (exact) mass is 401 g/mol. The molecule has 0 atom stereocenters. The lowest BCUT2D eigenvalue weighted by atomic mass is 10.2. The normalized spacial score (nSPS) is 14.1. The molecule has 0 fully saturated rings. The largest absolute Gasteiger partial charge is 0.298 e. The molecule has 0 spiro atoms. The Kier molecular flexibility index (Phi) is 5.97. The van der Waals surface area contributed by atoms with Gasteiger partial charge in [-0.15, -0.1) is 23.7 Å². The first-order valence-corrected chi connectivity index (χ1v) is 8.54. The van der Waals surface area contributed by atoms with Gasteiger partial charge in [0.1, 0.15) is 0 Å². The van der Waals surface area contributed by atoms with E-state index >= 15 is 0 Å². The number of aromatic nitrogens is 1. The minimum absolute atomic E-state index is 0. The van der Waals surface area contributed by atoms with Crippen molar-refractivity contribution in [1.82, 2.24) is 9.88 Å². The van der Waals surface area contributed by atoms with Crippen molar-refractivity contribution in [2.45, 2.75) is 19.9 Å². The van der Waals surface area contributed by atoms with Gasteiger partial charge in [-0.1, -0.05) is 28.9 Å². The number of fused-ring (bicyclic) bond motifs is 1. The highest BCUT2D eigenvalue weighted by molar-refractivity contribution is 9.10. The zero-order chi connectivity index (χ0) is 14.8. The van der Waals surface area contributed by atoms with Crippen molar-refractivity contribution >= 4 is 50.7 Å². The van der Waals surface area contributed by atoms with Crippen molar-refractivity contribution in [3.8, 4) is 0 Å². The number of carbonyl (C=O) groups excluding carboxylic acids is 1. The van der Waals surface area contributed by atoms with Gasteiger partial charge in [-0.25, -0.2) is 4.98 Å². The Bertz CT molecular complexity index is 677. The lowest BCUT2D eigenvalue weighted by molar-refractivity contribution is 0.102. The molecule has 1 amide bonds. The van der Waals surface area contributed by atoms with E-state index in [1.165, 1.54) is 4.88 Å². The molecule has 2 aromatic rings. The van der Waals surface area contributed by atoms with Crippen LogP contribution in [0, 0.1) is 0 Å². The highest BCUT2D eigenvalue weighted by atomic mass is 79.9. The summed E-state index contributed by atoms with van der Waals surface area (Å²) in [7, 11) is 0. The molecule has 22 heavy (non-hydrogen) atoms. The maximum absolute atomic E-state index is 12.2. The Morgan fingerprint density at radius 2 is 2.32 bits per heavy atom. The van der Waals surface area contributed by atoms with Crippen molar-refractivity contribution in [2.24, 2.45) is 0 Å². The van der Waals surface area contributed by atoms with Gasteiger partial charge in [0, 0.05) is 34.4 Å². The van der Waals surface area contributed by atoms with Crippen LogP contribution in [0.1, 0.15) is 27.9 Å². The summed E-state index contributed by atoms with van der Waals surface area (Å²) >= 11 is 4.96. The van der Waals surface area contributed by atoms with Crippen molar-refractivity contribution in [1.29, 1.82) is 0 Å². The predicted molar refractivity (Wildman–Crippen MR) is 96.1 cm³/mol. The van der Waals surface area contributed by atoms with E-state index in [1.54, 1.807) is 17.4 Å². The van der Waals surface area contributed by atoms with Gasteiger partial charge in [-0.05, 0) is 24.7 Å². The second kappa shape index (κ2) is 7.55. The Morgan fingerprint density at radius 3 is 3.05 bits per heavy atom. The van der Waals surface area contributed by atoms with Gasteiger partial charge < -0.3 is 0 Å². The fourth-order valence-corrected chi connectivity index (χ4v) is 3.82. The number of anilines is 1. The lowest BCUT2D eigenvalue weighted by Crippen LogP contribution is -2.29. The number of thiazole rings is 1. The van der Waals surface area contributed by atoms with Gasteiger partial charge in [0.25, 0.3) is 5.91 Å². The SMILES string of the molecule is CCN1CCc2nc(NC(=O)c3cccc(Br)c3)sc2C1.Cl. The third kappa shape index (κ3) is 3.87. The molecule has 1 N–H and O–H groups in total. The lowest BCUT2D eigenvalue weighted by Gasteiger charge is -2.23. The van der Waals surface area contributed by atoms with E-state index in [2.05, 4.69) is 38.1 Å². The van der Waals surface area contributed by atoms with Crippen LogP contribution in [0.2, 0.25) is 0 Å². The van der Waals surface area contributed by atoms with Crippen LogP contribution in [0.4, 0.5) is 5.13 Å². The Hall–Kier alpha value is -0.950. The second-order valence-corrected chi connectivity index (χ2v) is 6.97. The van der Waals surface area contributed by atoms with Crippen LogP contribution in [0.3, 0.4) is 0 Å². The maximum atomic E-state index is 12.2. The summed E-state index contributed by atoms with van der Waals surface area (Å²) in [6.45, 7) is 5.21. The van der Waals surface area contributed by atoms with Crippen LogP contribution < -0.4 is 5.32 Å². The number of nitrogens with one attached hydrogen (secondary N) is 1. The fourth-order valence-electron chi connectivity index (χ4n) is 2.37. The van der Waals surface area contributed by atoms with Crippen LogP contribution in [-0.4, -0.2) is 28.9 Å². The first-order chi connectivity index (χ1) is 10.2. The summed E-state index contributed by atoms with van der Waals surface area (Å²) in [5.74, 6) is -0.116. The van der Waals surface area contributed by atoms with E-state index in [9.17, 15) is 4.79 Å². The smallest absolute Gasteiger partial charge is 0.257 e. The second-order valence-electron chi connectivity index (χ2n) is 4.97. The average molecular weight is 403 g/mol. The molecular formula is C15H17BrClN3OS. The van der Waals surface area contributed by atoms with Crippen molar-refractivity contribution < 1.29 is 4.79 Å². The molecule has 0 saturated carbocycles. The van der Waals surface area contributed by atoms with Gasteiger partial charge in [0.15, 0.2) is 5.13 Å². The summed E-state index contributed by atoms with van der Waals surface area (Å²) in [4.78, 5) is 20.4. The predicted octanol–water partition coefficient (Wildman–Crippen LogP) is 3.96. The van der Waals surface area contributed by atoms with Crippen molar-refractivity contribution in [3.05, 3.63) is 44.9 Å². The quantitative estimate of drug-likeness (QED) is 0.845. The van der Waals surface area contributed by atoms with E-state index in [4.69, 9.17) is 0 Å². The van der Waals surface area contributed by atoms with Crippen LogP contribution in [-0.2, 0) is 13.0 Å². The number of likely N-dealkylation sites (N-methyl/N-ethyl adjacent to an activating group) is 1. The maximum Gasteiger partial charge on any atom is 0.257 e. The Morgan fingerprint density at radius 1 is 1.50 bits per heavy atom. The number of halogens is 2. The number of hydrogen-bond acceptors (Lipinski definition) is 4. The molecule has 2 heterocycles. The number of carbonyl (C=O) groups is 1. The van der Waals surface area contributed by atoms with Gasteiger partial charge in [-0.2, -0.15) is 0 Å². The topological polar surface area (TPSA) is 45.2 Å². The summed E-state index contributed by atoms with van der Waals surface area (Å²) in [6.07, 6.45) is 0.965. The molecule has 0 radical (unpaired) electrons. The number of rotatable bonds is 3. The molecule has 1 aliphatic rings. The zero-order valence-electron chi connectivity index (χ0n) is 12.1. The highest BCUT2D eigenvalue weighted by Crippen LogP contribution is 2.28. The number of amides is 1. The average Bonchev–Trinajstić information content (AvgIpc) is 2.88. The van der Waals surface area contributed by atoms with Crippen molar-refractivity contribution in [3.63, 3.8) is 0 Å². The highest BCUT2D eigenvalue weighted by Gasteiger charge is 2.20. The zero-order valence-corrected chi connectivity index (χ0v) is 15.4. The minimum atomic E-state index is -0.116. The van der Waals surface area contributed by atoms with E-state index < -0.39 is 0 Å². The van der Waals surface area contributed by atoms with Gasteiger partial charge in [-0.3, -0.25) is 15.0 Å². The third-order valence-electron chi connectivity index (χ3n) is 3.56. The van der Waals surface area contributed by atoms with Crippen LogP contribution in [0.25, 0.3) is 0 Å². The van der Waals surface area contributed by atoms with E-state index in [0.717, 1.165) is 36.2 Å². The number of hydrogen-bond donors (Lipinski definition) is 1. The number of nitrogens with zero attached hydrogens (tertiary/aromatic N) is 2. The molecule has 0 saturated heterocycles. The molecule has 0 unspecified atom stereocenters. The molecular weight excluding hydrogens is 386 g/mol. The van der Waals surface area contributed by atoms with Crippen LogP contribution in [0.15, 0.2) is 28.7 Å². The fraction of sp³-hybridized carbons (Fsp3) is 0.333. The number of benzene rings is 1. The van der Waals surface area contributed by atoms with Crippen LogP contribution in [0.5, 0.6) is 0 Å². The van der Waals surface area contributed by atoms with E-state index in [0.29, 0.717) is 10.7 Å². The Balaban J connectivity index is 0.00000176. The molecule has 1 aromatic carbocycles. The first kappa shape index (κ1) is 17.4. The van der Waals surface area contributed by atoms with Crippen molar-refractivity contribution in [2.75, 3.05) is 18.4 Å². The molecule has 1 aromatic heterocycles. The summed E-state index contributed by atoms with van der Waals surface area (Å²) in [5.41, 5.74) is 1.77. The Labute approximate surface area is 148 Å². The summed E-state index contributed by atoms with van der Waals surface area (Å²) in [5, 5.41) is 3.60. The summed E-state index contributed by atoms with van der Waals surface area (Å²) in [6, 6.07) is 7.36. The molecule has 1 aliphatic heterocycles. The van der Waals surface area contributed by atoms with Gasteiger partial charge >= 0.3 is 0 Å². The molecule has 7 heteroatoms. The van der Waals surface area contributed by atoms with Gasteiger partial charge in [0.2, 0.25) is 0 Å². The standard InChI is InChI=1S/C15H16BrN3OS.ClH/c1-2-19-7-6-12-13(9-19)21-15(17-12)18-14(20)10-4-3-5-11(16)8-10;/h3-5,8H,2,6-7,9H2,1H3,(H,17,18,20);1H. The van der Waals surface area contributed by atoms with E-state index in [-0.39, 0.29) is 18.3 Å². The molecule has 118 valence electrons.